The lowest BCUT2D eigenvalue weighted by Crippen LogP contribution is -2.18. The zero-order chi connectivity index (χ0) is 18.7. The van der Waals surface area contributed by atoms with Crippen molar-refractivity contribution in [2.45, 2.75) is 12.6 Å². The van der Waals surface area contributed by atoms with Gasteiger partial charge in [-0.15, -0.1) is 0 Å². The van der Waals surface area contributed by atoms with Gasteiger partial charge in [0, 0.05) is 38.3 Å². The second kappa shape index (κ2) is 7.15. The van der Waals surface area contributed by atoms with Gasteiger partial charge in [-0.3, -0.25) is 4.98 Å². The summed E-state index contributed by atoms with van der Waals surface area (Å²) in [5.41, 5.74) is 0.927. The molecule has 8 heteroatoms. The minimum atomic E-state index is -4.52. The third-order valence-corrected chi connectivity index (χ3v) is 3.85. The van der Waals surface area contributed by atoms with Crippen LogP contribution in [0, 0.1) is 0 Å². The molecule has 0 atom stereocenters. The molecule has 0 saturated carbocycles. The molecule has 1 aromatic carbocycles. The Hall–Kier alpha value is -2.90. The molecular formula is C18H18F3N5. The number of anilines is 2. The van der Waals surface area contributed by atoms with Crippen LogP contribution in [-0.2, 0) is 12.6 Å². The van der Waals surface area contributed by atoms with E-state index in [1.54, 1.807) is 20.3 Å². The zero-order valence-corrected chi connectivity index (χ0v) is 14.4. The first kappa shape index (κ1) is 17.9. The van der Waals surface area contributed by atoms with E-state index in [0.29, 0.717) is 13.0 Å². The van der Waals surface area contributed by atoms with Gasteiger partial charge in [-0.2, -0.15) is 18.2 Å². The molecule has 0 saturated heterocycles. The summed E-state index contributed by atoms with van der Waals surface area (Å²) in [6, 6.07) is 10.6. The van der Waals surface area contributed by atoms with E-state index < -0.39 is 11.9 Å². The molecule has 0 radical (unpaired) electrons. The molecule has 0 amide bonds. The predicted octanol–water partition coefficient (Wildman–Crippen LogP) is 3.76. The lowest BCUT2D eigenvalue weighted by Gasteiger charge is -2.16. The Morgan fingerprint density at radius 2 is 1.85 bits per heavy atom. The minimum Gasteiger partial charge on any atom is -0.363 e. The van der Waals surface area contributed by atoms with E-state index in [1.165, 1.54) is 4.90 Å². The number of nitrogens with one attached hydrogen (secondary N) is 1. The topological polar surface area (TPSA) is 53.9 Å². The van der Waals surface area contributed by atoms with Crippen LogP contribution in [0.3, 0.4) is 0 Å². The van der Waals surface area contributed by atoms with Crippen molar-refractivity contribution in [2.75, 3.05) is 30.9 Å². The van der Waals surface area contributed by atoms with Crippen molar-refractivity contribution in [3.8, 4) is 0 Å². The molecule has 5 nitrogen and oxygen atoms in total. The summed E-state index contributed by atoms with van der Waals surface area (Å²) in [7, 11) is 3.27. The second-order valence-electron chi connectivity index (χ2n) is 6.00. The fourth-order valence-electron chi connectivity index (χ4n) is 2.57. The van der Waals surface area contributed by atoms with Gasteiger partial charge < -0.3 is 10.2 Å². The van der Waals surface area contributed by atoms with Crippen molar-refractivity contribution in [2.24, 2.45) is 0 Å². The molecule has 26 heavy (non-hydrogen) atoms. The van der Waals surface area contributed by atoms with E-state index in [9.17, 15) is 13.2 Å². The molecule has 3 aromatic rings. The van der Waals surface area contributed by atoms with Crippen LogP contribution in [0.5, 0.6) is 0 Å². The number of pyridine rings is 1. The van der Waals surface area contributed by atoms with Crippen molar-refractivity contribution >= 4 is 22.7 Å². The summed E-state index contributed by atoms with van der Waals surface area (Å²) in [6.07, 6.45) is -2.21. The van der Waals surface area contributed by atoms with Gasteiger partial charge in [0.2, 0.25) is 5.95 Å². The van der Waals surface area contributed by atoms with Gasteiger partial charge in [-0.25, -0.2) is 4.98 Å². The van der Waals surface area contributed by atoms with E-state index in [4.69, 9.17) is 0 Å². The van der Waals surface area contributed by atoms with Gasteiger partial charge in [0.05, 0.1) is 5.52 Å². The smallest absolute Gasteiger partial charge is 0.363 e. The maximum Gasteiger partial charge on any atom is 0.433 e. The molecule has 0 spiro atoms. The van der Waals surface area contributed by atoms with Crippen LogP contribution in [0.15, 0.2) is 42.6 Å². The highest BCUT2D eigenvalue weighted by molar-refractivity contribution is 5.81. The average molecular weight is 361 g/mol. The van der Waals surface area contributed by atoms with E-state index in [2.05, 4.69) is 20.3 Å². The van der Waals surface area contributed by atoms with Crippen LogP contribution >= 0.6 is 0 Å². The standard InChI is InChI=1S/C18H18F3N5/c1-26(2)15-11-14(18(19,20)21)24-17(25-15)23-10-8-13-6-3-5-12-7-4-9-22-16(12)13/h3-7,9,11H,8,10H2,1-2H3,(H,23,24,25). The number of fused-ring (bicyclic) bond motifs is 1. The first-order chi connectivity index (χ1) is 12.3. The normalized spacial score (nSPS) is 11.6. The van der Waals surface area contributed by atoms with Crippen molar-refractivity contribution in [3.63, 3.8) is 0 Å². The van der Waals surface area contributed by atoms with Crippen LogP contribution in [-0.4, -0.2) is 35.6 Å². The monoisotopic (exact) mass is 361 g/mol. The van der Waals surface area contributed by atoms with Crippen molar-refractivity contribution < 1.29 is 13.2 Å². The number of halogens is 3. The van der Waals surface area contributed by atoms with E-state index >= 15 is 0 Å². The van der Waals surface area contributed by atoms with E-state index in [-0.39, 0.29) is 11.8 Å². The summed E-state index contributed by atoms with van der Waals surface area (Å²) >= 11 is 0. The second-order valence-corrected chi connectivity index (χ2v) is 6.00. The Labute approximate surface area is 148 Å². The van der Waals surface area contributed by atoms with Gasteiger partial charge >= 0.3 is 6.18 Å². The van der Waals surface area contributed by atoms with Crippen molar-refractivity contribution in [3.05, 3.63) is 53.9 Å². The molecule has 136 valence electrons. The van der Waals surface area contributed by atoms with Crippen molar-refractivity contribution in [1.82, 2.24) is 15.0 Å². The number of hydrogen-bond donors (Lipinski definition) is 1. The van der Waals surface area contributed by atoms with Gasteiger partial charge in [-0.05, 0) is 18.1 Å². The van der Waals surface area contributed by atoms with Crippen LogP contribution in [0.1, 0.15) is 11.3 Å². The Bertz CT molecular complexity index is 903. The minimum absolute atomic E-state index is 0.0447. The molecule has 0 unspecified atom stereocenters. The van der Waals surface area contributed by atoms with E-state index in [1.807, 2.05) is 30.3 Å². The first-order valence-electron chi connectivity index (χ1n) is 8.05. The Morgan fingerprint density at radius 3 is 2.58 bits per heavy atom. The number of hydrogen-bond acceptors (Lipinski definition) is 5. The molecule has 0 aliphatic rings. The number of aromatic nitrogens is 3. The third-order valence-electron chi connectivity index (χ3n) is 3.85. The highest BCUT2D eigenvalue weighted by atomic mass is 19.4. The van der Waals surface area contributed by atoms with Crippen LogP contribution < -0.4 is 10.2 Å². The molecule has 2 heterocycles. The highest BCUT2D eigenvalue weighted by Crippen LogP contribution is 2.30. The number of benzene rings is 1. The Balaban J connectivity index is 1.78. The molecular weight excluding hydrogens is 343 g/mol. The van der Waals surface area contributed by atoms with Crippen LogP contribution in [0.4, 0.5) is 24.9 Å². The number of nitrogens with zero attached hydrogens (tertiary/aromatic N) is 4. The maximum atomic E-state index is 13.0. The molecule has 0 aliphatic carbocycles. The first-order valence-corrected chi connectivity index (χ1v) is 8.05. The van der Waals surface area contributed by atoms with Gasteiger partial charge in [0.15, 0.2) is 5.69 Å². The largest absolute Gasteiger partial charge is 0.433 e. The quantitative estimate of drug-likeness (QED) is 0.750. The SMILES string of the molecule is CN(C)c1cc(C(F)(F)F)nc(NCCc2cccc3cccnc23)n1. The molecule has 1 N–H and O–H groups in total. The van der Waals surface area contributed by atoms with Gasteiger partial charge in [-0.1, -0.05) is 24.3 Å². The summed E-state index contributed by atoms with van der Waals surface area (Å²) in [5.74, 6) is 0.151. The summed E-state index contributed by atoms with van der Waals surface area (Å²) < 4.78 is 39.1. The van der Waals surface area contributed by atoms with Gasteiger partial charge in [0.1, 0.15) is 5.82 Å². The lowest BCUT2D eigenvalue weighted by molar-refractivity contribution is -0.141. The molecule has 0 bridgehead atoms. The highest BCUT2D eigenvalue weighted by Gasteiger charge is 2.34. The third kappa shape index (κ3) is 4.01. The summed E-state index contributed by atoms with van der Waals surface area (Å²) in [5, 5.41) is 3.91. The van der Waals surface area contributed by atoms with Crippen molar-refractivity contribution in [1.29, 1.82) is 0 Å². The van der Waals surface area contributed by atoms with Gasteiger partial charge in [0.25, 0.3) is 0 Å². The molecule has 2 aromatic heterocycles. The summed E-state index contributed by atoms with van der Waals surface area (Å²) in [6.45, 7) is 0.393. The zero-order valence-electron chi connectivity index (χ0n) is 14.4. The van der Waals surface area contributed by atoms with E-state index in [0.717, 1.165) is 22.5 Å². The maximum absolute atomic E-state index is 13.0. The average Bonchev–Trinajstić information content (AvgIpc) is 2.61. The Kier molecular flexibility index (Phi) is 4.92. The molecule has 3 rings (SSSR count). The Morgan fingerprint density at radius 1 is 1.08 bits per heavy atom. The van der Waals surface area contributed by atoms with Crippen LogP contribution in [0.2, 0.25) is 0 Å². The van der Waals surface area contributed by atoms with Crippen LogP contribution in [0.25, 0.3) is 10.9 Å². The fraction of sp³-hybridized carbons (Fsp3) is 0.278. The number of para-hydroxylation sites is 1. The number of rotatable bonds is 5. The predicted molar refractivity (Wildman–Crippen MR) is 95.3 cm³/mol. The molecule has 0 fully saturated rings. The summed E-state index contributed by atoms with van der Waals surface area (Å²) in [4.78, 5) is 13.6. The lowest BCUT2D eigenvalue weighted by atomic mass is 10.1. The number of alkyl halides is 3. The fourth-order valence-corrected chi connectivity index (χ4v) is 2.57. The molecule has 0 aliphatic heterocycles.